The number of amides is 1. The van der Waals surface area contributed by atoms with Crippen LogP contribution in [-0.4, -0.2) is 34.5 Å². The Morgan fingerprint density at radius 2 is 1.79 bits per heavy atom. The van der Waals surface area contributed by atoms with Gasteiger partial charge in [-0.2, -0.15) is 0 Å². The minimum atomic E-state index is -0.0120. The van der Waals surface area contributed by atoms with Crippen LogP contribution in [0.5, 0.6) is 0 Å². The van der Waals surface area contributed by atoms with E-state index in [-0.39, 0.29) is 12.5 Å². The maximum absolute atomic E-state index is 12.4. The van der Waals surface area contributed by atoms with Gasteiger partial charge >= 0.3 is 0 Å². The molecular weight excluding hydrogens is 300 g/mol. The van der Waals surface area contributed by atoms with E-state index in [1.807, 2.05) is 73.3 Å². The Morgan fingerprint density at radius 3 is 2.54 bits per heavy atom. The van der Waals surface area contributed by atoms with Crippen molar-refractivity contribution >= 4 is 16.9 Å². The van der Waals surface area contributed by atoms with Gasteiger partial charge in [0.2, 0.25) is 5.91 Å². The zero-order valence-electron chi connectivity index (χ0n) is 14.1. The van der Waals surface area contributed by atoms with Gasteiger partial charge in [-0.1, -0.05) is 42.5 Å². The largest absolute Gasteiger partial charge is 0.350 e. The molecular formula is C19H22N4O. The number of rotatable bonds is 6. The van der Waals surface area contributed by atoms with Gasteiger partial charge in [-0.05, 0) is 31.8 Å². The summed E-state index contributed by atoms with van der Waals surface area (Å²) in [5.41, 5.74) is 3.00. The molecule has 1 N–H and O–H groups in total. The zero-order chi connectivity index (χ0) is 16.9. The fourth-order valence-electron chi connectivity index (χ4n) is 2.70. The average molecular weight is 322 g/mol. The molecule has 24 heavy (non-hydrogen) atoms. The molecule has 1 aromatic heterocycles. The number of nitrogens with zero attached hydrogens (tertiary/aromatic N) is 3. The quantitative estimate of drug-likeness (QED) is 0.758. The molecule has 3 aromatic rings. The van der Waals surface area contributed by atoms with Crippen molar-refractivity contribution < 1.29 is 4.79 Å². The number of imidazole rings is 1. The Labute approximate surface area is 141 Å². The summed E-state index contributed by atoms with van der Waals surface area (Å²) in [4.78, 5) is 19.1. The van der Waals surface area contributed by atoms with E-state index < -0.39 is 0 Å². The Balaban J connectivity index is 1.76. The van der Waals surface area contributed by atoms with Crippen molar-refractivity contribution in [1.29, 1.82) is 0 Å². The normalized spacial score (nSPS) is 11.1. The highest BCUT2D eigenvalue weighted by molar-refractivity contribution is 5.81. The maximum atomic E-state index is 12.4. The molecule has 0 saturated heterocycles. The summed E-state index contributed by atoms with van der Waals surface area (Å²) in [5.74, 6) is 0.887. The van der Waals surface area contributed by atoms with Gasteiger partial charge in [0, 0.05) is 6.54 Å². The lowest BCUT2D eigenvalue weighted by Gasteiger charge is -2.13. The van der Waals surface area contributed by atoms with Crippen molar-refractivity contribution in [2.24, 2.45) is 0 Å². The summed E-state index contributed by atoms with van der Waals surface area (Å²) < 4.78 is 2.00. The molecule has 5 heteroatoms. The Kier molecular flexibility index (Phi) is 4.91. The van der Waals surface area contributed by atoms with E-state index >= 15 is 0 Å². The number of fused-ring (bicyclic) bond motifs is 1. The lowest BCUT2D eigenvalue weighted by Crippen LogP contribution is -2.28. The molecule has 0 bridgehead atoms. The van der Waals surface area contributed by atoms with Crippen molar-refractivity contribution in [3.63, 3.8) is 0 Å². The minimum absolute atomic E-state index is 0.0120. The van der Waals surface area contributed by atoms with Gasteiger partial charge in [-0.3, -0.25) is 4.79 Å². The number of benzene rings is 2. The molecule has 0 atom stereocenters. The number of nitrogens with one attached hydrogen (secondary N) is 1. The summed E-state index contributed by atoms with van der Waals surface area (Å²) in [5, 5.41) is 2.98. The number of carbonyl (C=O) groups is 1. The van der Waals surface area contributed by atoms with Gasteiger partial charge in [0.15, 0.2) is 0 Å². The Hall–Kier alpha value is -2.66. The first kappa shape index (κ1) is 16.2. The molecule has 0 aliphatic heterocycles. The lowest BCUT2D eigenvalue weighted by molar-refractivity contribution is -0.121. The van der Waals surface area contributed by atoms with Gasteiger partial charge < -0.3 is 14.8 Å². The van der Waals surface area contributed by atoms with Crippen LogP contribution in [-0.2, 0) is 24.4 Å². The standard InChI is InChI=1S/C19H22N4O/c1-22(2)13-18-21-16-10-6-7-11-17(16)23(18)14-19(24)20-12-15-8-4-3-5-9-15/h3-11H,12-14H2,1-2H3,(H,20,24). The van der Waals surface area contributed by atoms with Crippen LogP contribution < -0.4 is 5.32 Å². The van der Waals surface area contributed by atoms with Crippen LogP contribution in [0.25, 0.3) is 11.0 Å². The molecule has 0 aliphatic carbocycles. The third-order valence-electron chi connectivity index (χ3n) is 3.83. The Morgan fingerprint density at radius 1 is 1.08 bits per heavy atom. The van der Waals surface area contributed by atoms with E-state index in [2.05, 4.69) is 15.2 Å². The molecule has 0 spiro atoms. The minimum Gasteiger partial charge on any atom is -0.350 e. The summed E-state index contributed by atoms with van der Waals surface area (Å²) in [6.45, 7) is 1.51. The summed E-state index contributed by atoms with van der Waals surface area (Å²) in [7, 11) is 4.00. The first-order chi connectivity index (χ1) is 11.6. The van der Waals surface area contributed by atoms with Crippen molar-refractivity contribution in [2.45, 2.75) is 19.6 Å². The third kappa shape index (κ3) is 3.81. The zero-order valence-corrected chi connectivity index (χ0v) is 14.1. The predicted molar refractivity (Wildman–Crippen MR) is 95.4 cm³/mol. The fraction of sp³-hybridized carbons (Fsp3) is 0.263. The van der Waals surface area contributed by atoms with E-state index in [9.17, 15) is 4.79 Å². The van der Waals surface area contributed by atoms with E-state index in [1.54, 1.807) is 0 Å². The van der Waals surface area contributed by atoms with E-state index in [1.165, 1.54) is 0 Å². The topological polar surface area (TPSA) is 50.2 Å². The molecule has 0 fully saturated rings. The smallest absolute Gasteiger partial charge is 0.240 e. The highest BCUT2D eigenvalue weighted by Gasteiger charge is 2.13. The van der Waals surface area contributed by atoms with E-state index in [0.29, 0.717) is 13.1 Å². The highest BCUT2D eigenvalue weighted by atomic mass is 16.1. The summed E-state index contributed by atoms with van der Waals surface area (Å²) >= 11 is 0. The van der Waals surface area contributed by atoms with Crippen LogP contribution >= 0.6 is 0 Å². The monoisotopic (exact) mass is 322 g/mol. The van der Waals surface area contributed by atoms with Crippen molar-refractivity contribution in [3.8, 4) is 0 Å². The van der Waals surface area contributed by atoms with Gasteiger partial charge in [0.25, 0.3) is 0 Å². The van der Waals surface area contributed by atoms with Crippen molar-refractivity contribution in [2.75, 3.05) is 14.1 Å². The second kappa shape index (κ2) is 7.27. The van der Waals surface area contributed by atoms with Crippen LogP contribution in [0, 0.1) is 0 Å². The second-order valence-electron chi connectivity index (χ2n) is 6.10. The summed E-state index contributed by atoms with van der Waals surface area (Å²) in [6.07, 6.45) is 0. The SMILES string of the molecule is CN(C)Cc1nc2ccccc2n1CC(=O)NCc1ccccc1. The summed E-state index contributed by atoms with van der Waals surface area (Å²) in [6, 6.07) is 17.8. The molecule has 0 aliphatic rings. The molecule has 3 rings (SSSR count). The molecule has 124 valence electrons. The molecule has 2 aromatic carbocycles. The second-order valence-corrected chi connectivity index (χ2v) is 6.10. The van der Waals surface area contributed by atoms with Crippen LogP contribution in [0.2, 0.25) is 0 Å². The van der Waals surface area contributed by atoms with E-state index in [4.69, 9.17) is 0 Å². The first-order valence-electron chi connectivity index (χ1n) is 8.03. The van der Waals surface area contributed by atoms with Crippen molar-refractivity contribution in [1.82, 2.24) is 19.8 Å². The number of carbonyl (C=O) groups excluding carboxylic acids is 1. The molecule has 0 radical (unpaired) electrons. The van der Waals surface area contributed by atoms with Gasteiger partial charge in [-0.15, -0.1) is 0 Å². The predicted octanol–water partition coefficient (Wildman–Crippen LogP) is 2.41. The third-order valence-corrected chi connectivity index (χ3v) is 3.83. The number of para-hydroxylation sites is 2. The fourth-order valence-corrected chi connectivity index (χ4v) is 2.70. The van der Waals surface area contributed by atoms with E-state index in [0.717, 1.165) is 22.4 Å². The molecule has 0 unspecified atom stereocenters. The lowest BCUT2D eigenvalue weighted by atomic mass is 10.2. The number of hydrogen-bond donors (Lipinski definition) is 1. The van der Waals surface area contributed by atoms with Crippen LogP contribution in [0.4, 0.5) is 0 Å². The molecule has 0 saturated carbocycles. The first-order valence-corrected chi connectivity index (χ1v) is 8.03. The highest BCUT2D eigenvalue weighted by Crippen LogP contribution is 2.16. The van der Waals surface area contributed by atoms with Gasteiger partial charge in [-0.25, -0.2) is 4.98 Å². The van der Waals surface area contributed by atoms with Gasteiger partial charge in [0.1, 0.15) is 12.4 Å². The molecule has 5 nitrogen and oxygen atoms in total. The number of aromatic nitrogens is 2. The van der Waals surface area contributed by atoms with Crippen molar-refractivity contribution in [3.05, 3.63) is 66.0 Å². The Bertz CT molecular complexity index is 824. The maximum Gasteiger partial charge on any atom is 0.240 e. The van der Waals surface area contributed by atoms with Gasteiger partial charge in [0.05, 0.1) is 17.6 Å². The van der Waals surface area contributed by atoms with Crippen LogP contribution in [0.15, 0.2) is 54.6 Å². The average Bonchev–Trinajstić information content (AvgIpc) is 2.91. The number of hydrogen-bond acceptors (Lipinski definition) is 3. The van der Waals surface area contributed by atoms with Crippen LogP contribution in [0.3, 0.4) is 0 Å². The molecule has 1 amide bonds. The molecule has 1 heterocycles. The van der Waals surface area contributed by atoms with Crippen LogP contribution in [0.1, 0.15) is 11.4 Å².